The maximum Gasteiger partial charge on any atom is 0.407 e. The van der Waals surface area contributed by atoms with E-state index in [9.17, 15) is 4.79 Å². The molecule has 0 saturated carbocycles. The summed E-state index contributed by atoms with van der Waals surface area (Å²) in [5.74, 6) is 0.395. The van der Waals surface area contributed by atoms with E-state index in [1.54, 1.807) is 0 Å². The van der Waals surface area contributed by atoms with Gasteiger partial charge >= 0.3 is 6.09 Å². The van der Waals surface area contributed by atoms with Crippen LogP contribution in [0.25, 0.3) is 10.4 Å². The van der Waals surface area contributed by atoms with Crippen molar-refractivity contribution in [3.63, 3.8) is 0 Å². The van der Waals surface area contributed by atoms with Crippen molar-refractivity contribution in [3.05, 3.63) is 10.4 Å². The maximum absolute atomic E-state index is 11.0. The molecule has 0 bridgehead atoms. The van der Waals surface area contributed by atoms with Crippen LogP contribution in [0, 0.1) is 5.92 Å². The second-order valence-electron chi connectivity index (χ2n) is 4.29. The fourth-order valence-electron chi connectivity index (χ4n) is 2.09. The molecular formula is C10H18N4O3. The lowest BCUT2D eigenvalue weighted by molar-refractivity contribution is 0.0394. The van der Waals surface area contributed by atoms with Crippen molar-refractivity contribution in [1.82, 2.24) is 4.90 Å². The SMILES string of the molecule is C[C@@H](C[C@H]1CCCOC1)N(CN=[N+]=[N-])C(=O)O. The van der Waals surface area contributed by atoms with Crippen LogP contribution in [0.15, 0.2) is 5.11 Å². The van der Waals surface area contributed by atoms with Crippen LogP contribution in [0.3, 0.4) is 0 Å². The molecule has 96 valence electrons. The van der Waals surface area contributed by atoms with Gasteiger partial charge in [0, 0.05) is 24.2 Å². The lowest BCUT2D eigenvalue weighted by Crippen LogP contribution is -2.39. The Kier molecular flexibility index (Phi) is 5.59. The fourth-order valence-corrected chi connectivity index (χ4v) is 2.09. The Morgan fingerprint density at radius 2 is 2.53 bits per heavy atom. The molecule has 0 aliphatic carbocycles. The van der Waals surface area contributed by atoms with Gasteiger partial charge in [-0.05, 0) is 37.6 Å². The molecule has 17 heavy (non-hydrogen) atoms. The number of ether oxygens (including phenoxy) is 1. The summed E-state index contributed by atoms with van der Waals surface area (Å²) in [7, 11) is 0. The summed E-state index contributed by atoms with van der Waals surface area (Å²) in [6, 6.07) is -0.162. The molecule has 0 aromatic heterocycles. The number of hydrogen-bond donors (Lipinski definition) is 1. The molecule has 2 atom stereocenters. The van der Waals surface area contributed by atoms with Crippen molar-refractivity contribution < 1.29 is 14.6 Å². The quantitative estimate of drug-likeness (QED) is 0.455. The summed E-state index contributed by atoms with van der Waals surface area (Å²) >= 11 is 0. The maximum atomic E-state index is 11.0. The molecule has 1 heterocycles. The molecule has 0 aromatic carbocycles. The second kappa shape index (κ2) is 6.98. The van der Waals surface area contributed by atoms with Gasteiger partial charge in [0.05, 0.1) is 0 Å². The predicted molar refractivity (Wildman–Crippen MR) is 61.5 cm³/mol. The van der Waals surface area contributed by atoms with Gasteiger partial charge in [0.2, 0.25) is 0 Å². The molecule has 7 heteroatoms. The Hall–Kier alpha value is -1.46. The van der Waals surface area contributed by atoms with Crippen molar-refractivity contribution in [2.45, 2.75) is 32.2 Å². The Labute approximate surface area is 100.0 Å². The Morgan fingerprint density at radius 3 is 3.06 bits per heavy atom. The highest BCUT2D eigenvalue weighted by Gasteiger charge is 2.23. The first kappa shape index (κ1) is 13.6. The molecule has 0 aromatic rings. The third-order valence-electron chi connectivity index (χ3n) is 2.99. The van der Waals surface area contributed by atoms with Crippen LogP contribution in [0.4, 0.5) is 4.79 Å². The van der Waals surface area contributed by atoms with Crippen LogP contribution in [0.5, 0.6) is 0 Å². The number of nitrogens with zero attached hydrogens (tertiary/aromatic N) is 4. The van der Waals surface area contributed by atoms with Crippen molar-refractivity contribution in [3.8, 4) is 0 Å². The van der Waals surface area contributed by atoms with Crippen LogP contribution in [0.1, 0.15) is 26.2 Å². The van der Waals surface area contributed by atoms with Gasteiger partial charge in [0.25, 0.3) is 0 Å². The van der Waals surface area contributed by atoms with Gasteiger partial charge in [-0.2, -0.15) is 0 Å². The molecule has 1 aliphatic rings. The lowest BCUT2D eigenvalue weighted by Gasteiger charge is -2.30. The van der Waals surface area contributed by atoms with Crippen LogP contribution < -0.4 is 0 Å². The van der Waals surface area contributed by atoms with Gasteiger partial charge in [0.15, 0.2) is 0 Å². The summed E-state index contributed by atoms with van der Waals surface area (Å²) in [6.07, 6.45) is 1.79. The van der Waals surface area contributed by atoms with E-state index in [0.29, 0.717) is 12.5 Å². The van der Waals surface area contributed by atoms with Gasteiger partial charge in [0.1, 0.15) is 6.67 Å². The average Bonchev–Trinajstić information content (AvgIpc) is 2.30. The molecule has 1 N–H and O–H groups in total. The molecule has 1 saturated heterocycles. The minimum atomic E-state index is -1.05. The van der Waals surface area contributed by atoms with Crippen LogP contribution >= 0.6 is 0 Å². The number of hydrogen-bond acceptors (Lipinski definition) is 3. The number of azide groups is 1. The van der Waals surface area contributed by atoms with E-state index < -0.39 is 6.09 Å². The number of carboxylic acid groups (broad SMARTS) is 1. The van der Waals surface area contributed by atoms with E-state index >= 15 is 0 Å². The normalized spacial score (nSPS) is 21.4. The largest absolute Gasteiger partial charge is 0.465 e. The smallest absolute Gasteiger partial charge is 0.407 e. The highest BCUT2D eigenvalue weighted by molar-refractivity contribution is 5.65. The first-order chi connectivity index (χ1) is 8.15. The van der Waals surface area contributed by atoms with E-state index in [2.05, 4.69) is 10.0 Å². The van der Waals surface area contributed by atoms with Crippen LogP contribution in [0.2, 0.25) is 0 Å². The molecule has 0 spiro atoms. The third-order valence-corrected chi connectivity index (χ3v) is 2.99. The molecule has 0 unspecified atom stereocenters. The van der Waals surface area contributed by atoms with Gasteiger partial charge in [-0.3, -0.25) is 4.90 Å². The molecular weight excluding hydrogens is 224 g/mol. The average molecular weight is 242 g/mol. The Bertz CT molecular complexity index is 298. The first-order valence-electron chi connectivity index (χ1n) is 5.73. The molecule has 0 radical (unpaired) electrons. The van der Waals surface area contributed by atoms with Crippen molar-refractivity contribution in [2.24, 2.45) is 11.0 Å². The summed E-state index contributed by atoms with van der Waals surface area (Å²) in [5, 5.41) is 12.3. The lowest BCUT2D eigenvalue weighted by atomic mass is 9.94. The zero-order valence-corrected chi connectivity index (χ0v) is 9.95. The van der Waals surface area contributed by atoms with E-state index in [0.717, 1.165) is 30.8 Å². The van der Waals surface area contributed by atoms with Gasteiger partial charge in [-0.15, -0.1) is 0 Å². The second-order valence-corrected chi connectivity index (χ2v) is 4.29. The van der Waals surface area contributed by atoms with Crippen molar-refractivity contribution in [2.75, 3.05) is 19.9 Å². The van der Waals surface area contributed by atoms with E-state index in [-0.39, 0.29) is 12.7 Å². The highest BCUT2D eigenvalue weighted by atomic mass is 16.5. The minimum absolute atomic E-state index is 0.138. The summed E-state index contributed by atoms with van der Waals surface area (Å²) in [4.78, 5) is 14.7. The summed E-state index contributed by atoms with van der Waals surface area (Å²) in [6.45, 7) is 3.18. The fraction of sp³-hybridized carbons (Fsp3) is 0.900. The zero-order valence-electron chi connectivity index (χ0n) is 9.95. The van der Waals surface area contributed by atoms with Gasteiger partial charge in [-0.25, -0.2) is 4.79 Å². The van der Waals surface area contributed by atoms with Crippen molar-refractivity contribution >= 4 is 6.09 Å². The first-order valence-corrected chi connectivity index (χ1v) is 5.73. The topological polar surface area (TPSA) is 98.5 Å². The van der Waals surface area contributed by atoms with Gasteiger partial charge < -0.3 is 9.84 Å². The Balaban J connectivity index is 2.48. The van der Waals surface area contributed by atoms with E-state index in [1.165, 1.54) is 0 Å². The standard InChI is InChI=1S/C10H18N4O3/c1-8(5-9-3-2-4-17-6-9)14(10(15)16)7-12-13-11/h8-9H,2-7H2,1H3,(H,15,16)/t8-,9+/m0/s1. The molecule has 1 amide bonds. The third kappa shape index (κ3) is 4.50. The van der Waals surface area contributed by atoms with Crippen molar-refractivity contribution in [1.29, 1.82) is 0 Å². The number of rotatable bonds is 5. The Morgan fingerprint density at radius 1 is 1.76 bits per heavy atom. The summed E-state index contributed by atoms with van der Waals surface area (Å²) in [5.41, 5.74) is 8.22. The van der Waals surface area contributed by atoms with E-state index in [1.807, 2.05) is 6.92 Å². The minimum Gasteiger partial charge on any atom is -0.465 e. The molecule has 1 fully saturated rings. The zero-order chi connectivity index (χ0) is 12.7. The molecule has 1 rings (SSSR count). The summed E-state index contributed by atoms with van der Waals surface area (Å²) < 4.78 is 5.36. The molecule has 7 nitrogen and oxygen atoms in total. The van der Waals surface area contributed by atoms with Gasteiger partial charge in [-0.1, -0.05) is 5.11 Å². The predicted octanol–water partition coefficient (Wildman–Crippen LogP) is 2.44. The monoisotopic (exact) mass is 242 g/mol. The van der Waals surface area contributed by atoms with Crippen LogP contribution in [-0.4, -0.2) is 42.0 Å². The van der Waals surface area contributed by atoms with E-state index in [4.69, 9.17) is 15.4 Å². The highest BCUT2D eigenvalue weighted by Crippen LogP contribution is 2.21. The number of carbonyl (C=O) groups is 1. The molecule has 1 aliphatic heterocycles. The van der Waals surface area contributed by atoms with Crippen LogP contribution in [-0.2, 0) is 4.74 Å². The number of amides is 1.